The van der Waals surface area contributed by atoms with Gasteiger partial charge >= 0.3 is 0 Å². The number of carbonyl (C=O) groups excluding carboxylic acids is 1. The molecule has 0 saturated carbocycles. The number of nitrogens with two attached hydrogens (primary N) is 2. The summed E-state index contributed by atoms with van der Waals surface area (Å²) in [4.78, 5) is 10.6. The minimum atomic E-state index is -0.423. The first-order valence-corrected chi connectivity index (χ1v) is 3.27. The van der Waals surface area contributed by atoms with Crippen LogP contribution in [0.25, 0.3) is 0 Å². The standard InChI is InChI=1S/C8H10N2O/c1-5-4-6(8(10)11)2-3-7(5)9/h2-4H,9H2,1H3,(H2,10,11). The molecule has 0 aliphatic heterocycles. The molecule has 1 rings (SSSR count). The molecule has 0 aliphatic carbocycles. The lowest BCUT2D eigenvalue weighted by Crippen LogP contribution is -2.11. The maximum absolute atomic E-state index is 10.6. The zero-order valence-corrected chi connectivity index (χ0v) is 6.29. The third-order valence-corrected chi connectivity index (χ3v) is 1.55. The van der Waals surface area contributed by atoms with Crippen molar-refractivity contribution in [1.29, 1.82) is 0 Å². The van der Waals surface area contributed by atoms with Crippen molar-refractivity contribution in [2.75, 3.05) is 5.73 Å². The van der Waals surface area contributed by atoms with Gasteiger partial charge in [0, 0.05) is 11.3 Å². The Morgan fingerprint density at radius 1 is 1.45 bits per heavy atom. The normalized spacial score (nSPS) is 9.55. The van der Waals surface area contributed by atoms with Crippen LogP contribution in [-0.4, -0.2) is 5.91 Å². The highest BCUT2D eigenvalue weighted by molar-refractivity contribution is 5.93. The van der Waals surface area contributed by atoms with Gasteiger partial charge in [-0.05, 0) is 30.7 Å². The maximum Gasteiger partial charge on any atom is 0.248 e. The number of hydrogen-bond acceptors (Lipinski definition) is 2. The average molecular weight is 150 g/mol. The summed E-state index contributed by atoms with van der Waals surface area (Å²) in [5.74, 6) is -0.423. The molecule has 1 aromatic carbocycles. The van der Waals surface area contributed by atoms with Crippen LogP contribution in [0, 0.1) is 6.92 Å². The van der Waals surface area contributed by atoms with Gasteiger partial charge in [-0.3, -0.25) is 4.79 Å². The number of amides is 1. The molecule has 0 saturated heterocycles. The van der Waals surface area contributed by atoms with E-state index in [2.05, 4.69) is 0 Å². The second-order valence-electron chi connectivity index (χ2n) is 2.44. The number of rotatable bonds is 1. The lowest BCUT2D eigenvalue weighted by molar-refractivity contribution is 0.100. The van der Waals surface area contributed by atoms with Gasteiger partial charge in [0.05, 0.1) is 0 Å². The first kappa shape index (κ1) is 7.60. The van der Waals surface area contributed by atoms with Crippen molar-refractivity contribution in [3.63, 3.8) is 0 Å². The molecule has 0 unspecified atom stereocenters. The Kier molecular flexibility index (Phi) is 1.81. The number of aryl methyl sites for hydroxylation is 1. The highest BCUT2D eigenvalue weighted by Gasteiger charge is 2.00. The third kappa shape index (κ3) is 1.49. The quantitative estimate of drug-likeness (QED) is 0.578. The van der Waals surface area contributed by atoms with E-state index in [0.29, 0.717) is 11.3 Å². The molecule has 0 spiro atoms. The van der Waals surface area contributed by atoms with Gasteiger partial charge in [-0.25, -0.2) is 0 Å². The van der Waals surface area contributed by atoms with Gasteiger partial charge in [-0.2, -0.15) is 0 Å². The molecular formula is C8H10N2O. The van der Waals surface area contributed by atoms with Crippen LogP contribution in [0.15, 0.2) is 18.2 Å². The average Bonchev–Trinajstić information content (AvgIpc) is 1.94. The van der Waals surface area contributed by atoms with Crippen molar-refractivity contribution in [3.05, 3.63) is 29.3 Å². The predicted molar refractivity (Wildman–Crippen MR) is 44.1 cm³/mol. The summed E-state index contributed by atoms with van der Waals surface area (Å²) >= 11 is 0. The van der Waals surface area contributed by atoms with Crippen LogP contribution in [-0.2, 0) is 0 Å². The largest absolute Gasteiger partial charge is 0.399 e. The predicted octanol–water partition coefficient (Wildman–Crippen LogP) is 0.676. The smallest absolute Gasteiger partial charge is 0.248 e. The summed E-state index contributed by atoms with van der Waals surface area (Å²) in [6, 6.07) is 4.97. The van der Waals surface area contributed by atoms with E-state index in [0.717, 1.165) is 5.56 Å². The van der Waals surface area contributed by atoms with Crippen molar-refractivity contribution >= 4 is 11.6 Å². The lowest BCUT2D eigenvalue weighted by Gasteiger charge is -2.00. The molecule has 4 N–H and O–H groups in total. The number of primary amides is 1. The van der Waals surface area contributed by atoms with E-state index in [-0.39, 0.29) is 0 Å². The summed E-state index contributed by atoms with van der Waals surface area (Å²) in [5.41, 5.74) is 12.6. The number of benzene rings is 1. The van der Waals surface area contributed by atoms with E-state index >= 15 is 0 Å². The molecule has 0 fully saturated rings. The fraction of sp³-hybridized carbons (Fsp3) is 0.125. The molecule has 3 nitrogen and oxygen atoms in total. The molecule has 0 heterocycles. The molecular weight excluding hydrogens is 140 g/mol. The zero-order chi connectivity index (χ0) is 8.43. The SMILES string of the molecule is Cc1cc(C(N)=O)ccc1N. The van der Waals surface area contributed by atoms with Crippen LogP contribution in [0.5, 0.6) is 0 Å². The lowest BCUT2D eigenvalue weighted by atomic mass is 10.1. The molecule has 0 bridgehead atoms. The van der Waals surface area contributed by atoms with Gasteiger partial charge in [0.25, 0.3) is 0 Å². The Hall–Kier alpha value is -1.51. The van der Waals surface area contributed by atoms with Crippen LogP contribution in [0.1, 0.15) is 15.9 Å². The van der Waals surface area contributed by atoms with E-state index in [1.807, 2.05) is 6.92 Å². The third-order valence-electron chi connectivity index (χ3n) is 1.55. The van der Waals surface area contributed by atoms with E-state index in [4.69, 9.17) is 11.5 Å². The summed E-state index contributed by atoms with van der Waals surface area (Å²) in [7, 11) is 0. The zero-order valence-electron chi connectivity index (χ0n) is 6.29. The molecule has 1 aromatic rings. The molecule has 0 aromatic heterocycles. The number of nitrogen functional groups attached to an aromatic ring is 1. The molecule has 1 amide bonds. The van der Waals surface area contributed by atoms with Gasteiger partial charge in [0.15, 0.2) is 0 Å². The van der Waals surface area contributed by atoms with E-state index in [9.17, 15) is 4.79 Å². The topological polar surface area (TPSA) is 69.1 Å². The van der Waals surface area contributed by atoms with Crippen LogP contribution in [0.3, 0.4) is 0 Å². The van der Waals surface area contributed by atoms with Crippen molar-refractivity contribution < 1.29 is 4.79 Å². The highest BCUT2D eigenvalue weighted by atomic mass is 16.1. The van der Waals surface area contributed by atoms with E-state index in [1.165, 1.54) is 0 Å². The van der Waals surface area contributed by atoms with Crippen LogP contribution < -0.4 is 11.5 Å². The number of anilines is 1. The van der Waals surface area contributed by atoms with Crippen molar-refractivity contribution in [1.82, 2.24) is 0 Å². The Labute approximate surface area is 65.0 Å². The maximum atomic E-state index is 10.6. The molecule has 0 atom stereocenters. The van der Waals surface area contributed by atoms with Gasteiger partial charge in [-0.15, -0.1) is 0 Å². The van der Waals surface area contributed by atoms with Crippen LogP contribution in [0.4, 0.5) is 5.69 Å². The Balaban J connectivity index is 3.15. The van der Waals surface area contributed by atoms with Crippen molar-refractivity contribution in [2.45, 2.75) is 6.92 Å². The highest BCUT2D eigenvalue weighted by Crippen LogP contribution is 2.11. The molecule has 58 valence electrons. The second-order valence-corrected chi connectivity index (χ2v) is 2.44. The summed E-state index contributed by atoms with van der Waals surface area (Å²) < 4.78 is 0. The molecule has 11 heavy (non-hydrogen) atoms. The van der Waals surface area contributed by atoms with Gasteiger partial charge < -0.3 is 11.5 Å². The summed E-state index contributed by atoms with van der Waals surface area (Å²) in [6.45, 7) is 1.84. The van der Waals surface area contributed by atoms with Gasteiger partial charge in [0.1, 0.15) is 0 Å². The first-order valence-electron chi connectivity index (χ1n) is 3.27. The minimum absolute atomic E-state index is 0.423. The molecule has 0 radical (unpaired) electrons. The molecule has 3 heteroatoms. The van der Waals surface area contributed by atoms with E-state index in [1.54, 1.807) is 18.2 Å². The monoisotopic (exact) mass is 150 g/mol. The minimum Gasteiger partial charge on any atom is -0.399 e. The van der Waals surface area contributed by atoms with Gasteiger partial charge in [-0.1, -0.05) is 0 Å². The van der Waals surface area contributed by atoms with Crippen molar-refractivity contribution in [2.24, 2.45) is 5.73 Å². The summed E-state index contributed by atoms with van der Waals surface area (Å²) in [6.07, 6.45) is 0. The van der Waals surface area contributed by atoms with Crippen LogP contribution >= 0.6 is 0 Å². The summed E-state index contributed by atoms with van der Waals surface area (Å²) in [5, 5.41) is 0. The fourth-order valence-electron chi connectivity index (χ4n) is 0.829. The number of carbonyl (C=O) groups is 1. The Bertz CT molecular complexity index is 294. The van der Waals surface area contributed by atoms with E-state index < -0.39 is 5.91 Å². The van der Waals surface area contributed by atoms with Crippen molar-refractivity contribution in [3.8, 4) is 0 Å². The fourth-order valence-corrected chi connectivity index (χ4v) is 0.829. The Morgan fingerprint density at radius 2 is 2.09 bits per heavy atom. The second kappa shape index (κ2) is 2.62. The van der Waals surface area contributed by atoms with Gasteiger partial charge in [0.2, 0.25) is 5.91 Å². The first-order chi connectivity index (χ1) is 5.11. The van der Waals surface area contributed by atoms with Crippen LogP contribution in [0.2, 0.25) is 0 Å². The Morgan fingerprint density at radius 3 is 2.55 bits per heavy atom. The molecule has 0 aliphatic rings. The number of hydrogen-bond donors (Lipinski definition) is 2.